The van der Waals surface area contributed by atoms with Crippen molar-refractivity contribution in [2.24, 2.45) is 40.4 Å². The normalized spacial score (nSPS) is 45.4. The third kappa shape index (κ3) is 3.49. The first-order chi connectivity index (χ1) is 13.7. The Morgan fingerprint density at radius 1 is 1.14 bits per heavy atom. The maximum Gasteiger partial charge on any atom is 0.0764 e. The molecule has 3 unspecified atom stereocenters. The molecule has 2 fully saturated rings. The molecule has 162 valence electrons. The zero-order chi connectivity index (χ0) is 21.0. The third-order valence-electron chi connectivity index (χ3n) is 9.24. The smallest absolute Gasteiger partial charge is 0.0764 e. The zero-order valence-electron chi connectivity index (χ0n) is 19.2. The Morgan fingerprint density at radius 3 is 2.62 bits per heavy atom. The van der Waals surface area contributed by atoms with Crippen molar-refractivity contribution in [3.8, 4) is 0 Å². The van der Waals surface area contributed by atoms with Gasteiger partial charge in [-0.05, 0) is 90.6 Å². The van der Waals surface area contributed by atoms with E-state index in [4.69, 9.17) is 0 Å². The average molecular weight is 399 g/mol. The Hall–Kier alpha value is -0.860. The van der Waals surface area contributed by atoms with E-state index in [0.717, 1.165) is 25.2 Å². The molecule has 29 heavy (non-hydrogen) atoms. The van der Waals surface area contributed by atoms with Crippen LogP contribution in [0.1, 0.15) is 79.6 Å². The van der Waals surface area contributed by atoms with Gasteiger partial charge in [-0.2, -0.15) is 0 Å². The highest BCUT2D eigenvalue weighted by atomic mass is 16.3. The number of hydrogen-bond acceptors (Lipinski definition) is 2. The number of rotatable bonds is 4. The minimum absolute atomic E-state index is 0.0327. The highest BCUT2D eigenvalue weighted by molar-refractivity contribution is 5.47. The van der Waals surface area contributed by atoms with Crippen molar-refractivity contribution in [3.63, 3.8) is 0 Å². The fourth-order valence-corrected chi connectivity index (χ4v) is 7.50. The first-order valence-electron chi connectivity index (χ1n) is 12.1. The molecule has 0 saturated heterocycles. The van der Waals surface area contributed by atoms with Gasteiger partial charge in [-0.15, -0.1) is 0 Å². The summed E-state index contributed by atoms with van der Waals surface area (Å²) >= 11 is 0. The maximum atomic E-state index is 11.0. The van der Waals surface area contributed by atoms with Gasteiger partial charge in [0.25, 0.3) is 0 Å². The van der Waals surface area contributed by atoms with Gasteiger partial charge < -0.3 is 10.2 Å². The summed E-state index contributed by atoms with van der Waals surface area (Å²) in [4.78, 5) is 0. The fourth-order valence-electron chi connectivity index (χ4n) is 7.50. The van der Waals surface area contributed by atoms with Gasteiger partial charge in [-0.1, -0.05) is 58.9 Å². The van der Waals surface area contributed by atoms with Gasteiger partial charge in [-0.3, -0.25) is 0 Å². The summed E-state index contributed by atoms with van der Waals surface area (Å²) in [6.45, 7) is 11.9. The highest BCUT2D eigenvalue weighted by Gasteiger charge is 2.56. The SMILES string of the molecule is CC(C)C/C=C/C(C)C1CCC2C3=C[C@H](O)[C@H]4C[C@@H](O)CC[C@]4(C)C3=CC[C@@]21C. The van der Waals surface area contributed by atoms with Crippen molar-refractivity contribution >= 4 is 0 Å². The van der Waals surface area contributed by atoms with Crippen LogP contribution in [0.15, 0.2) is 35.5 Å². The minimum atomic E-state index is -0.410. The molecule has 0 spiro atoms. The summed E-state index contributed by atoms with van der Waals surface area (Å²) in [7, 11) is 0. The maximum absolute atomic E-state index is 11.0. The van der Waals surface area contributed by atoms with Crippen molar-refractivity contribution in [1.82, 2.24) is 0 Å². The first-order valence-corrected chi connectivity index (χ1v) is 12.1. The second kappa shape index (κ2) is 7.68. The first kappa shape index (κ1) is 21.4. The second-order valence-corrected chi connectivity index (χ2v) is 11.5. The molecule has 2 nitrogen and oxygen atoms in total. The molecule has 0 aromatic heterocycles. The lowest BCUT2D eigenvalue weighted by Gasteiger charge is -2.54. The number of hydrogen-bond donors (Lipinski definition) is 2. The standard InChI is InChI=1S/C27H42O2/c1-17(2)7-6-8-18(3)21-9-10-22-20-16-25(29)24-15-19(28)11-13-27(24,5)23(20)12-14-26(21,22)4/h6,8,12,16-19,21-22,24-25,28-29H,7,9-11,13-15H2,1-5H3/b8-6+/t18?,19-,21?,22?,24+,25-,26+,27+/m0/s1. The highest BCUT2D eigenvalue weighted by Crippen LogP contribution is 2.64. The van der Waals surface area contributed by atoms with Gasteiger partial charge in [0, 0.05) is 5.92 Å². The van der Waals surface area contributed by atoms with Gasteiger partial charge in [0.05, 0.1) is 12.2 Å². The summed E-state index contributed by atoms with van der Waals surface area (Å²) in [6, 6.07) is 0. The van der Waals surface area contributed by atoms with Gasteiger partial charge >= 0.3 is 0 Å². The van der Waals surface area contributed by atoms with Gasteiger partial charge in [0.1, 0.15) is 0 Å². The van der Waals surface area contributed by atoms with E-state index >= 15 is 0 Å². The molecule has 2 N–H and O–H groups in total. The van der Waals surface area contributed by atoms with Crippen LogP contribution in [0.5, 0.6) is 0 Å². The quantitative estimate of drug-likeness (QED) is 0.565. The molecule has 8 atom stereocenters. The predicted octanol–water partition coefficient (Wildman–Crippen LogP) is 6.06. The molecule has 2 saturated carbocycles. The van der Waals surface area contributed by atoms with Gasteiger partial charge in [0.2, 0.25) is 0 Å². The molecule has 4 aliphatic rings. The topological polar surface area (TPSA) is 40.5 Å². The van der Waals surface area contributed by atoms with Crippen molar-refractivity contribution in [2.75, 3.05) is 0 Å². The molecular formula is C27H42O2. The van der Waals surface area contributed by atoms with Crippen LogP contribution < -0.4 is 0 Å². The summed E-state index contributed by atoms with van der Waals surface area (Å²) in [6.07, 6.45) is 16.4. The zero-order valence-corrected chi connectivity index (χ0v) is 19.2. The Balaban J connectivity index is 1.62. The van der Waals surface area contributed by atoms with Crippen LogP contribution in [0.3, 0.4) is 0 Å². The fraction of sp³-hybridized carbons (Fsp3) is 0.778. The summed E-state index contributed by atoms with van der Waals surface area (Å²) in [5.74, 6) is 2.79. The lowest BCUT2D eigenvalue weighted by molar-refractivity contribution is -0.0233. The van der Waals surface area contributed by atoms with Gasteiger partial charge in [-0.25, -0.2) is 0 Å². The Morgan fingerprint density at radius 2 is 1.90 bits per heavy atom. The number of aliphatic hydroxyl groups excluding tert-OH is 2. The summed E-state index contributed by atoms with van der Waals surface area (Å²) in [5, 5.41) is 21.3. The van der Waals surface area contributed by atoms with Crippen molar-refractivity contribution < 1.29 is 10.2 Å². The number of aliphatic hydroxyl groups is 2. The van der Waals surface area contributed by atoms with E-state index in [1.807, 2.05) is 0 Å². The third-order valence-corrected chi connectivity index (χ3v) is 9.24. The van der Waals surface area contributed by atoms with Crippen molar-refractivity contribution in [2.45, 2.75) is 91.8 Å². The predicted molar refractivity (Wildman–Crippen MR) is 120 cm³/mol. The van der Waals surface area contributed by atoms with E-state index in [-0.39, 0.29) is 17.4 Å². The number of fused-ring (bicyclic) bond motifs is 5. The van der Waals surface area contributed by atoms with E-state index < -0.39 is 6.10 Å². The van der Waals surface area contributed by atoms with Crippen LogP contribution in [0.25, 0.3) is 0 Å². The largest absolute Gasteiger partial charge is 0.393 e. The molecule has 0 bridgehead atoms. The van der Waals surface area contributed by atoms with Crippen LogP contribution >= 0.6 is 0 Å². The Labute approximate surface area is 178 Å². The Bertz CT molecular complexity index is 716. The molecule has 0 heterocycles. The van der Waals surface area contributed by atoms with Crippen LogP contribution in [0, 0.1) is 40.4 Å². The minimum Gasteiger partial charge on any atom is -0.393 e. The second-order valence-electron chi connectivity index (χ2n) is 11.5. The molecule has 2 heteroatoms. The average Bonchev–Trinajstić information content (AvgIpc) is 3.00. The lowest BCUT2D eigenvalue weighted by Crippen LogP contribution is -2.49. The molecule has 4 rings (SSSR count). The molecule has 0 aromatic rings. The Kier molecular flexibility index (Phi) is 5.66. The van der Waals surface area contributed by atoms with E-state index in [0.29, 0.717) is 23.2 Å². The molecule has 0 radical (unpaired) electrons. The van der Waals surface area contributed by atoms with Crippen LogP contribution in [-0.4, -0.2) is 22.4 Å². The van der Waals surface area contributed by atoms with E-state index in [1.165, 1.54) is 36.8 Å². The van der Waals surface area contributed by atoms with Crippen LogP contribution in [0.2, 0.25) is 0 Å². The molecule has 4 aliphatic carbocycles. The van der Waals surface area contributed by atoms with E-state index in [9.17, 15) is 10.2 Å². The molecule has 0 amide bonds. The van der Waals surface area contributed by atoms with E-state index in [1.54, 1.807) is 0 Å². The van der Waals surface area contributed by atoms with Gasteiger partial charge in [0.15, 0.2) is 0 Å². The van der Waals surface area contributed by atoms with Crippen molar-refractivity contribution in [1.29, 1.82) is 0 Å². The lowest BCUT2D eigenvalue weighted by atomic mass is 9.51. The van der Waals surface area contributed by atoms with Crippen LogP contribution in [-0.2, 0) is 0 Å². The molecule has 0 aliphatic heterocycles. The molecule has 0 aromatic carbocycles. The molecular weight excluding hydrogens is 356 g/mol. The number of allylic oxidation sites excluding steroid dienone is 5. The van der Waals surface area contributed by atoms with Crippen LogP contribution in [0.4, 0.5) is 0 Å². The summed E-state index contributed by atoms with van der Waals surface area (Å²) < 4.78 is 0. The monoisotopic (exact) mass is 398 g/mol. The van der Waals surface area contributed by atoms with Crippen molar-refractivity contribution in [3.05, 3.63) is 35.5 Å². The van der Waals surface area contributed by atoms with E-state index in [2.05, 4.69) is 58.9 Å². The summed E-state index contributed by atoms with van der Waals surface area (Å²) in [5.41, 5.74) is 3.31.